The summed E-state index contributed by atoms with van der Waals surface area (Å²) >= 11 is 0. The number of carbonyl (C=O) groups excluding carboxylic acids is 1. The number of amides is 2. The highest BCUT2D eigenvalue weighted by Gasteiger charge is 2.06. The Kier molecular flexibility index (Phi) is 3.87. The zero-order chi connectivity index (χ0) is 13.7. The summed E-state index contributed by atoms with van der Waals surface area (Å²) in [4.78, 5) is 10.4. The number of rotatable bonds is 4. The Hall–Kier alpha value is -2.70. The van der Waals surface area contributed by atoms with Gasteiger partial charge in [-0.3, -0.25) is 0 Å². The summed E-state index contributed by atoms with van der Waals surface area (Å²) in [5, 5.41) is 11.5. The van der Waals surface area contributed by atoms with Crippen LogP contribution >= 0.6 is 0 Å². The fourth-order valence-electron chi connectivity index (χ4n) is 1.40. The number of urea groups is 1. The van der Waals surface area contributed by atoms with Gasteiger partial charge in [-0.1, -0.05) is 19.1 Å². The number of carbonyl (C=O) groups is 1. The van der Waals surface area contributed by atoms with Crippen LogP contribution in [0.1, 0.15) is 18.4 Å². The van der Waals surface area contributed by atoms with Crippen molar-refractivity contribution in [3.8, 4) is 11.5 Å². The van der Waals surface area contributed by atoms with Crippen molar-refractivity contribution >= 4 is 12.2 Å². The molecule has 2 rings (SSSR count). The number of aryl methyl sites for hydroxylation is 1. The summed E-state index contributed by atoms with van der Waals surface area (Å²) < 4.78 is 5.44. The molecule has 3 N–H and O–H groups in total. The monoisotopic (exact) mass is 259 g/mol. The fourth-order valence-corrected chi connectivity index (χ4v) is 1.40. The maximum Gasteiger partial charge on any atom is 0.332 e. The Morgan fingerprint density at radius 3 is 2.74 bits per heavy atom. The van der Waals surface area contributed by atoms with Gasteiger partial charge in [-0.05, 0) is 17.7 Å². The lowest BCUT2D eigenvalue weighted by Crippen LogP contribution is -2.24. The van der Waals surface area contributed by atoms with E-state index in [1.54, 1.807) is 0 Å². The largest absolute Gasteiger partial charge is 0.421 e. The Morgan fingerprint density at radius 1 is 1.42 bits per heavy atom. The Labute approximate surface area is 109 Å². The molecule has 7 heteroatoms. The standard InChI is InChI=1S/C12H13N5O2/c1-2-10-15-16-11(19-10)9-5-3-8(4-6-9)7-14-17-12(13)18/h3-7H,2H2,1H3,(H3,13,17,18). The van der Waals surface area contributed by atoms with E-state index < -0.39 is 6.03 Å². The van der Waals surface area contributed by atoms with Crippen molar-refractivity contribution in [3.63, 3.8) is 0 Å². The normalized spacial score (nSPS) is 10.8. The van der Waals surface area contributed by atoms with Gasteiger partial charge in [0.25, 0.3) is 0 Å². The lowest BCUT2D eigenvalue weighted by Gasteiger charge is -1.96. The molecule has 0 unspecified atom stereocenters. The van der Waals surface area contributed by atoms with Crippen LogP contribution in [0.4, 0.5) is 4.79 Å². The third-order valence-electron chi connectivity index (χ3n) is 2.32. The molecule has 0 radical (unpaired) electrons. The Morgan fingerprint density at radius 2 is 2.16 bits per heavy atom. The van der Waals surface area contributed by atoms with E-state index in [-0.39, 0.29) is 0 Å². The van der Waals surface area contributed by atoms with Crippen LogP contribution in [-0.4, -0.2) is 22.4 Å². The van der Waals surface area contributed by atoms with Gasteiger partial charge in [-0.2, -0.15) is 5.10 Å². The van der Waals surface area contributed by atoms with Crippen LogP contribution in [0.15, 0.2) is 33.8 Å². The van der Waals surface area contributed by atoms with E-state index >= 15 is 0 Å². The molecule has 0 aliphatic heterocycles. The first-order valence-electron chi connectivity index (χ1n) is 5.70. The summed E-state index contributed by atoms with van der Waals surface area (Å²) in [7, 11) is 0. The summed E-state index contributed by atoms with van der Waals surface area (Å²) in [6.45, 7) is 1.95. The number of hydrogen-bond acceptors (Lipinski definition) is 5. The van der Waals surface area contributed by atoms with Crippen LogP contribution in [0.3, 0.4) is 0 Å². The maximum absolute atomic E-state index is 10.4. The van der Waals surface area contributed by atoms with Gasteiger partial charge in [0.15, 0.2) is 0 Å². The van der Waals surface area contributed by atoms with Gasteiger partial charge in [0.2, 0.25) is 11.8 Å². The van der Waals surface area contributed by atoms with Gasteiger partial charge in [0.05, 0.1) is 6.21 Å². The highest BCUT2D eigenvalue weighted by Crippen LogP contribution is 2.18. The molecule has 0 atom stereocenters. The second-order valence-electron chi connectivity index (χ2n) is 3.71. The molecular formula is C12H13N5O2. The van der Waals surface area contributed by atoms with Gasteiger partial charge >= 0.3 is 6.03 Å². The molecule has 2 aromatic rings. The first kappa shape index (κ1) is 12.7. The van der Waals surface area contributed by atoms with E-state index in [4.69, 9.17) is 10.2 Å². The predicted octanol–water partition coefficient (Wildman–Crippen LogP) is 1.30. The minimum Gasteiger partial charge on any atom is -0.421 e. The van der Waals surface area contributed by atoms with Crippen molar-refractivity contribution in [2.75, 3.05) is 0 Å². The van der Waals surface area contributed by atoms with Crippen LogP contribution in [0.25, 0.3) is 11.5 Å². The van der Waals surface area contributed by atoms with Gasteiger partial charge < -0.3 is 10.2 Å². The van der Waals surface area contributed by atoms with E-state index in [0.29, 0.717) is 18.2 Å². The van der Waals surface area contributed by atoms with Gasteiger partial charge in [0.1, 0.15) is 0 Å². The molecule has 2 amide bonds. The lowest BCUT2D eigenvalue weighted by atomic mass is 10.1. The SMILES string of the molecule is CCc1nnc(-c2ccc(C=NNC(N)=O)cc2)o1. The van der Waals surface area contributed by atoms with Crippen LogP contribution < -0.4 is 11.2 Å². The molecule has 0 saturated carbocycles. The number of nitrogens with zero attached hydrogens (tertiary/aromatic N) is 3. The number of benzene rings is 1. The first-order chi connectivity index (χ1) is 9.19. The predicted molar refractivity (Wildman–Crippen MR) is 69.4 cm³/mol. The van der Waals surface area contributed by atoms with E-state index in [0.717, 1.165) is 11.1 Å². The quantitative estimate of drug-likeness (QED) is 0.637. The van der Waals surface area contributed by atoms with E-state index in [2.05, 4.69) is 20.7 Å². The van der Waals surface area contributed by atoms with Crippen LogP contribution in [0, 0.1) is 0 Å². The third kappa shape index (κ3) is 3.38. The highest BCUT2D eigenvalue weighted by atomic mass is 16.4. The molecule has 0 fully saturated rings. The molecule has 1 aromatic heterocycles. The molecule has 1 aromatic carbocycles. The number of primary amides is 1. The average molecular weight is 259 g/mol. The lowest BCUT2D eigenvalue weighted by molar-refractivity contribution is 0.249. The van der Waals surface area contributed by atoms with Crippen molar-refractivity contribution in [2.45, 2.75) is 13.3 Å². The summed E-state index contributed by atoms with van der Waals surface area (Å²) in [6.07, 6.45) is 2.19. The zero-order valence-corrected chi connectivity index (χ0v) is 10.3. The maximum atomic E-state index is 10.4. The number of hydrazone groups is 1. The second-order valence-corrected chi connectivity index (χ2v) is 3.71. The van der Waals surface area contributed by atoms with Crippen molar-refractivity contribution < 1.29 is 9.21 Å². The van der Waals surface area contributed by atoms with Crippen LogP contribution in [-0.2, 0) is 6.42 Å². The minimum absolute atomic E-state index is 0.482. The Balaban J connectivity index is 2.09. The third-order valence-corrected chi connectivity index (χ3v) is 2.32. The fraction of sp³-hybridized carbons (Fsp3) is 0.167. The average Bonchev–Trinajstić information content (AvgIpc) is 2.88. The van der Waals surface area contributed by atoms with Crippen molar-refractivity contribution in [1.82, 2.24) is 15.6 Å². The topological polar surface area (TPSA) is 106 Å². The summed E-state index contributed by atoms with van der Waals surface area (Å²) in [6, 6.07) is 6.59. The molecule has 0 aliphatic carbocycles. The highest BCUT2D eigenvalue weighted by molar-refractivity contribution is 5.82. The molecule has 7 nitrogen and oxygen atoms in total. The zero-order valence-electron chi connectivity index (χ0n) is 10.3. The first-order valence-corrected chi connectivity index (χ1v) is 5.70. The van der Waals surface area contributed by atoms with Crippen molar-refractivity contribution in [2.24, 2.45) is 10.8 Å². The number of hydrogen-bond donors (Lipinski definition) is 2. The van der Waals surface area contributed by atoms with Gasteiger partial charge in [0, 0.05) is 12.0 Å². The number of nitrogens with one attached hydrogen (secondary N) is 1. The molecule has 0 spiro atoms. The summed E-state index contributed by atoms with van der Waals surface area (Å²) in [5.41, 5.74) is 8.64. The minimum atomic E-state index is -0.703. The molecule has 1 heterocycles. The summed E-state index contributed by atoms with van der Waals surface area (Å²) in [5.74, 6) is 1.09. The van der Waals surface area contributed by atoms with E-state index in [1.807, 2.05) is 31.2 Å². The van der Waals surface area contributed by atoms with Crippen LogP contribution in [0.5, 0.6) is 0 Å². The molecule has 0 saturated heterocycles. The molecule has 98 valence electrons. The van der Waals surface area contributed by atoms with E-state index in [1.165, 1.54) is 6.21 Å². The van der Waals surface area contributed by atoms with Crippen molar-refractivity contribution in [1.29, 1.82) is 0 Å². The Bertz CT molecular complexity index is 588. The van der Waals surface area contributed by atoms with Gasteiger partial charge in [-0.15, -0.1) is 10.2 Å². The molecule has 0 aliphatic rings. The van der Waals surface area contributed by atoms with Gasteiger partial charge in [-0.25, -0.2) is 10.2 Å². The second kappa shape index (κ2) is 5.76. The molecular weight excluding hydrogens is 246 g/mol. The smallest absolute Gasteiger partial charge is 0.332 e. The molecule has 19 heavy (non-hydrogen) atoms. The molecule has 0 bridgehead atoms. The number of nitrogens with two attached hydrogens (primary N) is 1. The van der Waals surface area contributed by atoms with Crippen molar-refractivity contribution in [3.05, 3.63) is 35.7 Å². The van der Waals surface area contributed by atoms with E-state index in [9.17, 15) is 4.79 Å². The number of aromatic nitrogens is 2. The van der Waals surface area contributed by atoms with Crippen LogP contribution in [0.2, 0.25) is 0 Å².